The number of halogens is 2. The first-order valence-electron chi connectivity index (χ1n) is 10.4. The van der Waals surface area contributed by atoms with Crippen LogP contribution in [-0.4, -0.2) is 67.4 Å². The predicted octanol–water partition coefficient (Wildman–Crippen LogP) is 3.06. The standard InChI is InChI=1S/C22H24F2N4O4S/c1-31-18-6-4-17(5-7-18)21-25-20(32-26-21)15-28-12-10-27(11-13-28)14-16-2-8-19(9-3-16)33(29,30)22(23)24/h2-9,22H,10-15H2,1H3. The maximum atomic E-state index is 12.7. The zero-order valence-corrected chi connectivity index (χ0v) is 18.8. The number of methoxy groups -OCH3 is 1. The van der Waals surface area contributed by atoms with E-state index >= 15 is 0 Å². The van der Waals surface area contributed by atoms with E-state index in [1.54, 1.807) is 19.2 Å². The molecular formula is C22H24F2N4O4S. The first-order valence-corrected chi connectivity index (χ1v) is 11.9. The molecule has 4 rings (SSSR count). The van der Waals surface area contributed by atoms with Crippen molar-refractivity contribution in [3.8, 4) is 17.1 Å². The number of aromatic nitrogens is 2. The Balaban J connectivity index is 1.28. The van der Waals surface area contributed by atoms with Crippen molar-refractivity contribution >= 4 is 9.84 Å². The maximum Gasteiger partial charge on any atom is 0.341 e. The lowest BCUT2D eigenvalue weighted by Gasteiger charge is -2.33. The van der Waals surface area contributed by atoms with Gasteiger partial charge in [0.25, 0.3) is 0 Å². The highest BCUT2D eigenvalue weighted by molar-refractivity contribution is 7.91. The fourth-order valence-corrected chi connectivity index (χ4v) is 4.34. The Morgan fingerprint density at radius 3 is 2.15 bits per heavy atom. The van der Waals surface area contributed by atoms with Crippen molar-refractivity contribution in [2.75, 3.05) is 33.3 Å². The molecule has 11 heteroatoms. The van der Waals surface area contributed by atoms with Crippen molar-refractivity contribution in [1.29, 1.82) is 0 Å². The molecule has 0 aliphatic carbocycles. The topological polar surface area (TPSA) is 88.8 Å². The third kappa shape index (κ3) is 5.55. The number of piperazine rings is 1. The summed E-state index contributed by atoms with van der Waals surface area (Å²) in [5, 5.41) is 4.06. The van der Waals surface area contributed by atoms with Gasteiger partial charge in [-0.2, -0.15) is 13.8 Å². The fourth-order valence-electron chi connectivity index (χ4n) is 3.62. The number of benzene rings is 2. The van der Waals surface area contributed by atoms with Gasteiger partial charge in [-0.05, 0) is 42.0 Å². The molecule has 2 heterocycles. The first kappa shape index (κ1) is 23.3. The minimum atomic E-state index is -4.56. The summed E-state index contributed by atoms with van der Waals surface area (Å²) in [6.45, 7) is 4.38. The van der Waals surface area contributed by atoms with Crippen LogP contribution in [-0.2, 0) is 22.9 Å². The molecule has 0 bridgehead atoms. The lowest BCUT2D eigenvalue weighted by Crippen LogP contribution is -2.45. The van der Waals surface area contributed by atoms with Crippen LogP contribution >= 0.6 is 0 Å². The van der Waals surface area contributed by atoms with Gasteiger partial charge in [0.2, 0.25) is 21.6 Å². The Morgan fingerprint density at radius 2 is 1.58 bits per heavy atom. The highest BCUT2D eigenvalue weighted by Crippen LogP contribution is 2.21. The van der Waals surface area contributed by atoms with Crippen LogP contribution < -0.4 is 4.74 Å². The van der Waals surface area contributed by atoms with Gasteiger partial charge < -0.3 is 9.26 Å². The van der Waals surface area contributed by atoms with Crippen molar-refractivity contribution in [2.45, 2.75) is 23.7 Å². The van der Waals surface area contributed by atoms with Gasteiger partial charge in [0.1, 0.15) is 5.75 Å². The predicted molar refractivity (Wildman–Crippen MR) is 116 cm³/mol. The summed E-state index contributed by atoms with van der Waals surface area (Å²) in [4.78, 5) is 8.57. The van der Waals surface area contributed by atoms with Gasteiger partial charge in [-0.3, -0.25) is 9.80 Å². The second-order valence-electron chi connectivity index (χ2n) is 7.74. The summed E-state index contributed by atoms with van der Waals surface area (Å²) in [6, 6.07) is 13.1. The van der Waals surface area contributed by atoms with Gasteiger partial charge in [0, 0.05) is 38.3 Å². The van der Waals surface area contributed by atoms with Gasteiger partial charge in [-0.15, -0.1) is 0 Å². The second-order valence-corrected chi connectivity index (χ2v) is 9.66. The summed E-state index contributed by atoms with van der Waals surface area (Å²) < 4.78 is 59.0. The van der Waals surface area contributed by atoms with Crippen LogP contribution in [0.25, 0.3) is 11.4 Å². The number of ether oxygens (including phenoxy) is 1. The molecule has 1 saturated heterocycles. The summed E-state index contributed by atoms with van der Waals surface area (Å²) in [6.07, 6.45) is 0. The van der Waals surface area contributed by atoms with E-state index in [2.05, 4.69) is 19.9 Å². The molecule has 0 saturated carbocycles. The van der Waals surface area contributed by atoms with E-state index in [1.807, 2.05) is 24.3 Å². The van der Waals surface area contributed by atoms with Crippen molar-refractivity contribution in [3.05, 3.63) is 60.0 Å². The monoisotopic (exact) mass is 478 g/mol. The van der Waals surface area contributed by atoms with E-state index in [0.29, 0.717) is 24.8 Å². The van der Waals surface area contributed by atoms with E-state index in [9.17, 15) is 17.2 Å². The van der Waals surface area contributed by atoms with Crippen molar-refractivity contribution in [1.82, 2.24) is 19.9 Å². The van der Waals surface area contributed by atoms with Gasteiger partial charge in [0.15, 0.2) is 0 Å². The van der Waals surface area contributed by atoms with Crippen LogP contribution in [0.15, 0.2) is 57.9 Å². The van der Waals surface area contributed by atoms with Crippen LogP contribution in [0.5, 0.6) is 5.75 Å². The van der Waals surface area contributed by atoms with E-state index in [1.165, 1.54) is 12.1 Å². The number of hydrogen-bond acceptors (Lipinski definition) is 8. The fraction of sp³-hybridized carbons (Fsp3) is 0.364. The number of sulfone groups is 1. The van der Waals surface area contributed by atoms with Gasteiger partial charge >= 0.3 is 5.76 Å². The quantitative estimate of drug-likeness (QED) is 0.488. The highest BCUT2D eigenvalue weighted by atomic mass is 32.2. The van der Waals surface area contributed by atoms with Crippen molar-refractivity contribution in [3.63, 3.8) is 0 Å². The number of rotatable bonds is 8. The molecule has 8 nitrogen and oxygen atoms in total. The Morgan fingerprint density at radius 1 is 0.970 bits per heavy atom. The lowest BCUT2D eigenvalue weighted by molar-refractivity contribution is 0.112. The number of nitrogens with zero attached hydrogens (tertiary/aromatic N) is 4. The van der Waals surface area contributed by atoms with Crippen LogP contribution in [0.2, 0.25) is 0 Å². The molecule has 1 aliphatic rings. The zero-order chi connectivity index (χ0) is 23.4. The van der Waals surface area contributed by atoms with Crippen molar-refractivity contribution < 1.29 is 26.5 Å². The number of alkyl halides is 2. The second kappa shape index (κ2) is 9.94. The summed E-state index contributed by atoms with van der Waals surface area (Å²) >= 11 is 0. The molecule has 0 amide bonds. The molecule has 176 valence electrons. The largest absolute Gasteiger partial charge is 0.497 e. The normalized spacial score (nSPS) is 15.8. The Labute approximate surface area is 190 Å². The molecular weight excluding hydrogens is 454 g/mol. The molecule has 0 unspecified atom stereocenters. The van der Waals surface area contributed by atoms with Gasteiger partial charge in [-0.1, -0.05) is 17.3 Å². The highest BCUT2D eigenvalue weighted by Gasteiger charge is 2.26. The van der Waals surface area contributed by atoms with E-state index in [-0.39, 0.29) is 4.90 Å². The third-order valence-electron chi connectivity index (χ3n) is 5.53. The van der Waals surface area contributed by atoms with Crippen LogP contribution in [0, 0.1) is 0 Å². The molecule has 0 radical (unpaired) electrons. The molecule has 3 aromatic rings. The Kier molecular flexibility index (Phi) is 7.01. The lowest BCUT2D eigenvalue weighted by atomic mass is 10.2. The first-order chi connectivity index (χ1) is 15.8. The van der Waals surface area contributed by atoms with Crippen LogP contribution in [0.1, 0.15) is 11.5 Å². The Hall–Kier alpha value is -2.89. The minimum absolute atomic E-state index is 0.361. The minimum Gasteiger partial charge on any atom is -0.497 e. The summed E-state index contributed by atoms with van der Waals surface area (Å²) in [5.74, 6) is -1.58. The molecule has 2 aromatic carbocycles. The molecule has 1 aromatic heterocycles. The average Bonchev–Trinajstić information content (AvgIpc) is 3.29. The molecule has 0 spiro atoms. The molecule has 33 heavy (non-hydrogen) atoms. The third-order valence-corrected chi connectivity index (χ3v) is 6.93. The summed E-state index contributed by atoms with van der Waals surface area (Å²) in [7, 11) is -2.95. The molecule has 1 fully saturated rings. The Bertz CT molecular complexity index is 1160. The smallest absolute Gasteiger partial charge is 0.341 e. The van der Waals surface area contributed by atoms with E-state index in [4.69, 9.17) is 9.26 Å². The maximum absolute atomic E-state index is 12.7. The van der Waals surface area contributed by atoms with Crippen LogP contribution in [0.3, 0.4) is 0 Å². The molecule has 0 N–H and O–H groups in total. The van der Waals surface area contributed by atoms with E-state index < -0.39 is 15.6 Å². The number of hydrogen-bond donors (Lipinski definition) is 0. The van der Waals surface area contributed by atoms with Crippen molar-refractivity contribution in [2.24, 2.45) is 0 Å². The van der Waals surface area contributed by atoms with Crippen LogP contribution in [0.4, 0.5) is 8.78 Å². The average molecular weight is 479 g/mol. The molecule has 0 atom stereocenters. The SMILES string of the molecule is COc1ccc(-c2noc(CN3CCN(Cc4ccc(S(=O)(=O)C(F)F)cc4)CC3)n2)cc1. The molecule has 1 aliphatic heterocycles. The zero-order valence-electron chi connectivity index (χ0n) is 18.0. The van der Waals surface area contributed by atoms with Gasteiger partial charge in [0.05, 0.1) is 18.6 Å². The van der Waals surface area contributed by atoms with E-state index in [0.717, 1.165) is 43.1 Å². The summed E-state index contributed by atoms with van der Waals surface area (Å²) in [5.41, 5.74) is 1.72. The van der Waals surface area contributed by atoms with Gasteiger partial charge in [-0.25, -0.2) is 8.42 Å².